The quantitative estimate of drug-likeness (QED) is 0.811. The summed E-state index contributed by atoms with van der Waals surface area (Å²) >= 11 is 0. The molecule has 21 heavy (non-hydrogen) atoms. The number of anilines is 1. The molecule has 2 saturated heterocycles. The fraction of sp³-hybridized carbons (Fsp3) is 0.733. The van der Waals surface area contributed by atoms with Gasteiger partial charge in [-0.25, -0.2) is 4.98 Å². The van der Waals surface area contributed by atoms with Crippen LogP contribution in [0.4, 0.5) is 5.82 Å². The summed E-state index contributed by atoms with van der Waals surface area (Å²) in [6.45, 7) is 7.70. The molecule has 0 N–H and O–H groups in total. The molecule has 0 unspecified atom stereocenters. The number of likely N-dealkylation sites (N-methyl/N-ethyl adjacent to an activating group) is 1. The van der Waals surface area contributed by atoms with Crippen LogP contribution in [0.15, 0.2) is 0 Å². The summed E-state index contributed by atoms with van der Waals surface area (Å²) in [7, 11) is 3.84. The van der Waals surface area contributed by atoms with Gasteiger partial charge in [0.25, 0.3) is 0 Å². The van der Waals surface area contributed by atoms with Crippen molar-refractivity contribution in [2.75, 3.05) is 45.3 Å². The van der Waals surface area contributed by atoms with E-state index < -0.39 is 0 Å². The Morgan fingerprint density at radius 3 is 2.81 bits per heavy atom. The van der Waals surface area contributed by atoms with Gasteiger partial charge in [-0.2, -0.15) is 4.98 Å². The third kappa shape index (κ3) is 2.70. The summed E-state index contributed by atoms with van der Waals surface area (Å²) in [6, 6.07) is 0.438. The van der Waals surface area contributed by atoms with Crippen LogP contribution in [0.1, 0.15) is 17.8 Å². The summed E-state index contributed by atoms with van der Waals surface area (Å²) in [5.74, 6) is 2.42. The lowest BCUT2D eigenvalue weighted by Crippen LogP contribution is -2.59. The zero-order valence-electron chi connectivity index (χ0n) is 13.3. The predicted octanol–water partition coefficient (Wildman–Crippen LogP) is 1.01. The molecular weight excluding hydrogens is 268 g/mol. The van der Waals surface area contributed by atoms with Crippen LogP contribution in [0.5, 0.6) is 5.88 Å². The standard InChI is InChI=1S/C15H24N4O2/c1-10-14(16-11(2)17-15(10)20-4)19-6-5-13-12(9-19)18(3)7-8-21-13/h12-13H,5-9H2,1-4H3/t12-,13-/m1/s1. The van der Waals surface area contributed by atoms with E-state index in [9.17, 15) is 0 Å². The molecule has 0 radical (unpaired) electrons. The van der Waals surface area contributed by atoms with Crippen molar-refractivity contribution in [2.24, 2.45) is 0 Å². The molecule has 2 atom stereocenters. The van der Waals surface area contributed by atoms with Crippen molar-refractivity contribution in [3.05, 3.63) is 11.4 Å². The lowest BCUT2D eigenvalue weighted by atomic mass is 9.99. The molecule has 0 aromatic carbocycles. The van der Waals surface area contributed by atoms with E-state index in [1.54, 1.807) is 7.11 Å². The number of hydrogen-bond donors (Lipinski definition) is 0. The van der Waals surface area contributed by atoms with Crippen LogP contribution in [-0.2, 0) is 4.74 Å². The van der Waals surface area contributed by atoms with Crippen LogP contribution in [0.25, 0.3) is 0 Å². The minimum Gasteiger partial charge on any atom is -0.481 e. The number of methoxy groups -OCH3 is 1. The van der Waals surface area contributed by atoms with Crippen LogP contribution in [0, 0.1) is 13.8 Å². The fourth-order valence-corrected chi connectivity index (χ4v) is 3.33. The highest BCUT2D eigenvalue weighted by molar-refractivity contribution is 5.51. The van der Waals surface area contributed by atoms with E-state index in [1.165, 1.54) is 0 Å². The molecular formula is C15H24N4O2. The van der Waals surface area contributed by atoms with E-state index in [4.69, 9.17) is 9.47 Å². The summed E-state index contributed by atoms with van der Waals surface area (Å²) < 4.78 is 11.3. The molecule has 0 spiro atoms. The van der Waals surface area contributed by atoms with Gasteiger partial charge in [0.15, 0.2) is 0 Å². The Morgan fingerprint density at radius 2 is 2.05 bits per heavy atom. The second kappa shape index (κ2) is 5.77. The topological polar surface area (TPSA) is 50.7 Å². The van der Waals surface area contributed by atoms with Gasteiger partial charge in [0.05, 0.1) is 31.4 Å². The minimum atomic E-state index is 0.352. The van der Waals surface area contributed by atoms with Gasteiger partial charge in [-0.05, 0) is 27.3 Å². The zero-order chi connectivity index (χ0) is 15.0. The van der Waals surface area contributed by atoms with Crippen molar-refractivity contribution in [2.45, 2.75) is 32.4 Å². The zero-order valence-corrected chi connectivity index (χ0v) is 13.3. The number of nitrogens with zero attached hydrogens (tertiary/aromatic N) is 4. The SMILES string of the molecule is COc1nc(C)nc(N2CC[C@H]3OCCN(C)[C@@H]3C2)c1C. The minimum absolute atomic E-state index is 0.352. The Kier molecular flexibility index (Phi) is 3.99. The molecule has 0 bridgehead atoms. The first kappa shape index (κ1) is 14.5. The van der Waals surface area contributed by atoms with Gasteiger partial charge >= 0.3 is 0 Å². The number of aromatic nitrogens is 2. The highest BCUT2D eigenvalue weighted by atomic mass is 16.5. The third-order valence-electron chi connectivity index (χ3n) is 4.54. The van der Waals surface area contributed by atoms with Gasteiger partial charge in [0.1, 0.15) is 11.6 Å². The summed E-state index contributed by atoms with van der Waals surface area (Å²) in [6.07, 6.45) is 1.39. The van der Waals surface area contributed by atoms with Crippen LogP contribution in [0.3, 0.4) is 0 Å². The maximum atomic E-state index is 5.91. The molecule has 0 saturated carbocycles. The number of morpholine rings is 1. The highest BCUT2D eigenvalue weighted by Gasteiger charge is 2.36. The van der Waals surface area contributed by atoms with Crippen LogP contribution < -0.4 is 9.64 Å². The maximum absolute atomic E-state index is 5.91. The first-order valence-corrected chi connectivity index (χ1v) is 7.56. The molecule has 2 aliphatic rings. The molecule has 116 valence electrons. The van der Waals surface area contributed by atoms with Crippen molar-refractivity contribution < 1.29 is 9.47 Å². The average Bonchev–Trinajstić information content (AvgIpc) is 2.49. The Morgan fingerprint density at radius 1 is 1.24 bits per heavy atom. The second-order valence-electron chi connectivity index (χ2n) is 5.92. The monoisotopic (exact) mass is 292 g/mol. The third-order valence-corrected chi connectivity index (χ3v) is 4.54. The number of piperidine rings is 1. The Hall–Kier alpha value is -1.40. The second-order valence-corrected chi connectivity index (χ2v) is 5.92. The molecule has 0 amide bonds. The average molecular weight is 292 g/mol. The van der Waals surface area contributed by atoms with Gasteiger partial charge in [-0.15, -0.1) is 0 Å². The molecule has 1 aromatic rings. The lowest BCUT2D eigenvalue weighted by molar-refractivity contribution is -0.0688. The summed E-state index contributed by atoms with van der Waals surface area (Å²) in [5, 5.41) is 0. The Labute approximate surface area is 126 Å². The highest BCUT2D eigenvalue weighted by Crippen LogP contribution is 2.30. The van der Waals surface area contributed by atoms with E-state index >= 15 is 0 Å². The first-order chi connectivity index (χ1) is 10.1. The maximum Gasteiger partial charge on any atom is 0.221 e. The van der Waals surface area contributed by atoms with Crippen LogP contribution in [0.2, 0.25) is 0 Å². The first-order valence-electron chi connectivity index (χ1n) is 7.56. The Bertz CT molecular complexity index is 523. The van der Waals surface area contributed by atoms with Crippen molar-refractivity contribution in [1.29, 1.82) is 0 Å². The van der Waals surface area contributed by atoms with Crippen molar-refractivity contribution in [3.63, 3.8) is 0 Å². The van der Waals surface area contributed by atoms with Crippen LogP contribution >= 0.6 is 0 Å². The molecule has 2 fully saturated rings. The summed E-state index contributed by atoms with van der Waals surface area (Å²) in [5.41, 5.74) is 1.01. The van der Waals surface area contributed by atoms with Crippen molar-refractivity contribution >= 4 is 5.82 Å². The van der Waals surface area contributed by atoms with Gasteiger partial charge < -0.3 is 14.4 Å². The fourth-order valence-electron chi connectivity index (χ4n) is 3.33. The van der Waals surface area contributed by atoms with E-state index in [1.807, 2.05) is 13.8 Å². The van der Waals surface area contributed by atoms with E-state index in [0.29, 0.717) is 18.0 Å². The molecule has 3 rings (SSSR count). The number of aryl methyl sites for hydroxylation is 1. The summed E-state index contributed by atoms with van der Waals surface area (Å²) in [4.78, 5) is 13.7. The smallest absolute Gasteiger partial charge is 0.221 e. The van der Waals surface area contributed by atoms with Gasteiger partial charge in [0.2, 0.25) is 5.88 Å². The van der Waals surface area contributed by atoms with Crippen molar-refractivity contribution in [3.8, 4) is 5.88 Å². The Balaban J connectivity index is 1.86. The largest absolute Gasteiger partial charge is 0.481 e. The number of hydrogen-bond acceptors (Lipinski definition) is 6. The number of ether oxygens (including phenoxy) is 2. The molecule has 6 nitrogen and oxygen atoms in total. The van der Waals surface area contributed by atoms with E-state index in [2.05, 4.69) is 26.8 Å². The molecule has 2 aliphatic heterocycles. The van der Waals surface area contributed by atoms with E-state index in [0.717, 1.165) is 49.9 Å². The van der Waals surface area contributed by atoms with Crippen LogP contribution in [-0.4, -0.2) is 67.4 Å². The lowest BCUT2D eigenvalue weighted by Gasteiger charge is -2.46. The molecule has 0 aliphatic carbocycles. The predicted molar refractivity (Wildman–Crippen MR) is 81.0 cm³/mol. The number of fused-ring (bicyclic) bond motifs is 1. The van der Waals surface area contributed by atoms with E-state index in [-0.39, 0.29) is 0 Å². The van der Waals surface area contributed by atoms with Gasteiger partial charge in [-0.1, -0.05) is 0 Å². The molecule has 3 heterocycles. The normalized spacial score (nSPS) is 26.6. The van der Waals surface area contributed by atoms with Crippen molar-refractivity contribution in [1.82, 2.24) is 14.9 Å². The molecule has 1 aromatic heterocycles. The van der Waals surface area contributed by atoms with Gasteiger partial charge in [-0.3, -0.25) is 4.90 Å². The van der Waals surface area contributed by atoms with Gasteiger partial charge in [0, 0.05) is 19.6 Å². The number of rotatable bonds is 2. The molecule has 6 heteroatoms.